The van der Waals surface area contributed by atoms with E-state index >= 15 is 0 Å². The number of nitrogens with one attached hydrogen (secondary N) is 4. The number of nitrogens with zero attached hydrogens (tertiary/aromatic N) is 3. The molecule has 0 saturated heterocycles. The van der Waals surface area contributed by atoms with Crippen LogP contribution in [0.3, 0.4) is 0 Å². The summed E-state index contributed by atoms with van der Waals surface area (Å²) < 4.78 is 29.2. The average molecular weight is 479 g/mol. The van der Waals surface area contributed by atoms with E-state index in [1.54, 1.807) is 6.20 Å². The molecule has 2 heterocycles. The normalized spacial score (nSPS) is 10.9. The van der Waals surface area contributed by atoms with E-state index < -0.39 is 23.2 Å². The molecule has 4 aromatic rings. The van der Waals surface area contributed by atoms with Crippen molar-refractivity contribution >= 4 is 17.7 Å². The molecule has 0 saturated carbocycles. The highest BCUT2D eigenvalue weighted by Crippen LogP contribution is 2.19. The van der Waals surface area contributed by atoms with Gasteiger partial charge in [0.25, 0.3) is 5.56 Å². The lowest BCUT2D eigenvalue weighted by Crippen LogP contribution is -2.24. The van der Waals surface area contributed by atoms with Gasteiger partial charge in [0.2, 0.25) is 5.95 Å². The lowest BCUT2D eigenvalue weighted by Gasteiger charge is -2.10. The number of amides is 2. The zero-order valence-corrected chi connectivity index (χ0v) is 19.0. The van der Waals surface area contributed by atoms with Crippen molar-refractivity contribution < 1.29 is 13.6 Å². The van der Waals surface area contributed by atoms with E-state index in [4.69, 9.17) is 0 Å². The molecule has 2 amide bonds. The third-order valence-electron chi connectivity index (χ3n) is 5.32. The number of hydrogen-bond acceptors (Lipinski definition) is 5. The van der Waals surface area contributed by atoms with Gasteiger partial charge in [-0.25, -0.2) is 18.6 Å². The number of urea groups is 1. The number of benzene rings is 2. The predicted octanol–water partition coefficient (Wildman–Crippen LogP) is 3.69. The zero-order valence-electron chi connectivity index (χ0n) is 19.0. The van der Waals surface area contributed by atoms with Crippen LogP contribution in [0.5, 0.6) is 0 Å². The second kappa shape index (κ2) is 10.3. The van der Waals surface area contributed by atoms with Crippen molar-refractivity contribution in [3.8, 4) is 11.1 Å². The van der Waals surface area contributed by atoms with Gasteiger partial charge in [-0.05, 0) is 29.7 Å². The first-order chi connectivity index (χ1) is 16.8. The van der Waals surface area contributed by atoms with Crippen molar-refractivity contribution in [2.75, 3.05) is 10.6 Å². The number of hydrogen-bond donors (Lipinski definition) is 4. The first kappa shape index (κ1) is 23.8. The predicted molar refractivity (Wildman–Crippen MR) is 128 cm³/mol. The van der Waals surface area contributed by atoms with Gasteiger partial charge in [0.05, 0.1) is 17.8 Å². The molecule has 0 aliphatic heterocycles. The SMILES string of the molecule is Cc1cc(NC(=O)Nc2nc(=O)c(-c3ccc(CNCc4nccn4C)cc3)c[nH]2)c(F)cc1F. The third kappa shape index (κ3) is 5.76. The maximum Gasteiger partial charge on any atom is 0.326 e. The molecule has 0 radical (unpaired) electrons. The summed E-state index contributed by atoms with van der Waals surface area (Å²) in [4.78, 5) is 35.5. The summed E-state index contributed by atoms with van der Waals surface area (Å²) in [5.74, 6) is -0.829. The summed E-state index contributed by atoms with van der Waals surface area (Å²) in [7, 11) is 1.93. The summed E-state index contributed by atoms with van der Waals surface area (Å²) in [6.07, 6.45) is 5.06. The minimum absolute atomic E-state index is 0.120. The Labute approximate surface area is 199 Å². The van der Waals surface area contributed by atoms with Gasteiger partial charge in [0.1, 0.15) is 17.5 Å². The highest BCUT2D eigenvalue weighted by Gasteiger charge is 2.12. The van der Waals surface area contributed by atoms with E-state index in [0.717, 1.165) is 11.4 Å². The topological polar surface area (TPSA) is 117 Å². The van der Waals surface area contributed by atoms with E-state index in [0.29, 0.717) is 30.3 Å². The molecule has 0 fully saturated rings. The number of H-pyrrole nitrogens is 1. The lowest BCUT2D eigenvalue weighted by molar-refractivity contribution is 0.262. The van der Waals surface area contributed by atoms with E-state index in [9.17, 15) is 18.4 Å². The Kier molecular flexibility index (Phi) is 6.97. The fraction of sp³-hybridized carbons (Fsp3) is 0.167. The molecule has 2 aromatic heterocycles. The Morgan fingerprint density at radius 1 is 1.09 bits per heavy atom. The Morgan fingerprint density at radius 2 is 1.86 bits per heavy atom. The largest absolute Gasteiger partial charge is 0.337 e. The molecule has 2 aromatic carbocycles. The van der Waals surface area contributed by atoms with Gasteiger partial charge in [0.15, 0.2) is 0 Å². The van der Waals surface area contributed by atoms with Crippen LogP contribution in [0.2, 0.25) is 0 Å². The van der Waals surface area contributed by atoms with Gasteiger partial charge in [-0.2, -0.15) is 4.98 Å². The van der Waals surface area contributed by atoms with Crippen LogP contribution in [0.25, 0.3) is 11.1 Å². The van der Waals surface area contributed by atoms with Crippen LogP contribution in [-0.2, 0) is 20.1 Å². The van der Waals surface area contributed by atoms with Crippen LogP contribution in [0.15, 0.2) is 59.8 Å². The molecular formula is C24H23F2N7O2. The molecular weight excluding hydrogens is 456 g/mol. The van der Waals surface area contributed by atoms with Gasteiger partial charge >= 0.3 is 6.03 Å². The van der Waals surface area contributed by atoms with Gasteiger partial charge in [-0.15, -0.1) is 0 Å². The van der Waals surface area contributed by atoms with E-state index in [-0.39, 0.29) is 17.2 Å². The monoisotopic (exact) mass is 479 g/mol. The Hall–Kier alpha value is -4.38. The fourth-order valence-corrected chi connectivity index (χ4v) is 3.37. The van der Waals surface area contributed by atoms with Gasteiger partial charge in [0, 0.05) is 38.2 Å². The summed E-state index contributed by atoms with van der Waals surface area (Å²) in [6, 6.07) is 8.43. The van der Waals surface area contributed by atoms with Gasteiger partial charge in [-0.1, -0.05) is 24.3 Å². The van der Waals surface area contributed by atoms with Crippen LogP contribution in [-0.4, -0.2) is 25.6 Å². The molecule has 0 bridgehead atoms. The molecule has 35 heavy (non-hydrogen) atoms. The van der Waals surface area contributed by atoms with Crippen molar-refractivity contribution in [1.82, 2.24) is 24.8 Å². The van der Waals surface area contributed by atoms with Crippen LogP contribution in [0, 0.1) is 18.6 Å². The first-order valence-electron chi connectivity index (χ1n) is 10.7. The number of rotatable bonds is 7. The molecule has 4 rings (SSSR count). The molecule has 9 nitrogen and oxygen atoms in total. The average Bonchev–Trinajstić information content (AvgIpc) is 3.23. The molecule has 0 unspecified atom stereocenters. The van der Waals surface area contributed by atoms with Crippen LogP contribution < -0.4 is 21.5 Å². The lowest BCUT2D eigenvalue weighted by atomic mass is 10.1. The summed E-state index contributed by atoms with van der Waals surface area (Å²) >= 11 is 0. The van der Waals surface area contributed by atoms with Crippen molar-refractivity contribution in [2.45, 2.75) is 20.0 Å². The highest BCUT2D eigenvalue weighted by atomic mass is 19.1. The quantitative estimate of drug-likeness (QED) is 0.323. The molecule has 0 aliphatic rings. The number of carbonyl (C=O) groups is 1. The number of imidazole rings is 1. The summed E-state index contributed by atoms with van der Waals surface area (Å²) in [5, 5.41) is 7.91. The van der Waals surface area contributed by atoms with Crippen LogP contribution in [0.1, 0.15) is 17.0 Å². The third-order valence-corrected chi connectivity index (χ3v) is 5.32. The van der Waals surface area contributed by atoms with Crippen LogP contribution in [0.4, 0.5) is 25.2 Å². The molecule has 0 atom stereocenters. The molecule has 0 aliphatic carbocycles. The Bertz CT molecular complexity index is 1410. The molecule has 0 spiro atoms. The number of carbonyl (C=O) groups excluding carboxylic acids is 1. The van der Waals surface area contributed by atoms with Crippen LogP contribution >= 0.6 is 0 Å². The highest BCUT2D eigenvalue weighted by molar-refractivity contribution is 5.98. The summed E-state index contributed by atoms with van der Waals surface area (Å²) in [6.45, 7) is 2.71. The van der Waals surface area contributed by atoms with Gasteiger partial charge in [-0.3, -0.25) is 10.1 Å². The molecule has 11 heteroatoms. The minimum atomic E-state index is -0.921. The Balaban J connectivity index is 1.37. The van der Waals surface area contributed by atoms with Gasteiger partial charge < -0.3 is 20.2 Å². The fourth-order valence-electron chi connectivity index (χ4n) is 3.37. The smallest absolute Gasteiger partial charge is 0.326 e. The minimum Gasteiger partial charge on any atom is -0.337 e. The standard InChI is InChI=1S/C24H23F2N7O2/c1-14-9-20(19(26)10-18(14)25)30-24(35)32-23-29-12-17(22(34)31-23)16-5-3-15(4-6-16)11-27-13-21-28-7-8-33(21)2/h3-10,12,27H,11,13H2,1-2H3,(H3,29,30,31,32,34,35). The first-order valence-corrected chi connectivity index (χ1v) is 10.7. The van der Waals surface area contributed by atoms with Crippen molar-refractivity contribution in [3.63, 3.8) is 0 Å². The van der Waals surface area contributed by atoms with E-state index in [2.05, 4.69) is 30.9 Å². The van der Waals surface area contributed by atoms with Crippen molar-refractivity contribution in [2.24, 2.45) is 7.05 Å². The molecule has 180 valence electrons. The van der Waals surface area contributed by atoms with Crippen molar-refractivity contribution in [1.29, 1.82) is 0 Å². The number of anilines is 2. The number of aromatic amines is 1. The summed E-state index contributed by atoms with van der Waals surface area (Å²) in [5.41, 5.74) is 1.44. The number of aryl methyl sites for hydroxylation is 2. The Morgan fingerprint density at radius 3 is 2.54 bits per heavy atom. The number of halogens is 2. The maximum absolute atomic E-state index is 13.8. The molecule has 4 N–H and O–H groups in total. The van der Waals surface area contributed by atoms with Crippen molar-refractivity contribution in [3.05, 3.63) is 93.9 Å². The maximum atomic E-state index is 13.8. The second-order valence-corrected chi connectivity index (χ2v) is 7.88. The number of aromatic nitrogens is 4. The van der Waals surface area contributed by atoms with E-state index in [1.165, 1.54) is 19.2 Å². The zero-order chi connectivity index (χ0) is 24.9. The van der Waals surface area contributed by atoms with E-state index in [1.807, 2.05) is 42.1 Å². The second-order valence-electron chi connectivity index (χ2n) is 7.88.